The van der Waals surface area contributed by atoms with Crippen molar-refractivity contribution < 1.29 is 13.2 Å². The molecule has 0 saturated heterocycles. The molecule has 4 aromatic rings. The summed E-state index contributed by atoms with van der Waals surface area (Å²) in [5, 5.41) is 10.1. The molecule has 34 heavy (non-hydrogen) atoms. The highest BCUT2D eigenvalue weighted by Crippen LogP contribution is 2.28. The Morgan fingerprint density at radius 3 is 2.29 bits per heavy atom. The van der Waals surface area contributed by atoms with Crippen LogP contribution in [0.3, 0.4) is 0 Å². The molecule has 0 spiro atoms. The van der Waals surface area contributed by atoms with Gasteiger partial charge in [0.25, 0.3) is 0 Å². The summed E-state index contributed by atoms with van der Waals surface area (Å²) in [6, 6.07) is 17.0. The molecule has 3 aromatic carbocycles. The van der Waals surface area contributed by atoms with Gasteiger partial charge in [-0.3, -0.25) is 4.98 Å². The Bertz CT molecular complexity index is 1330. The molecule has 2 nitrogen and oxygen atoms in total. The number of aromatic nitrogens is 1. The second-order valence-electron chi connectivity index (χ2n) is 8.53. The van der Waals surface area contributed by atoms with Crippen LogP contribution in [0.15, 0.2) is 60.8 Å². The summed E-state index contributed by atoms with van der Waals surface area (Å²) < 4.78 is 42.9. The van der Waals surface area contributed by atoms with Crippen molar-refractivity contribution in [3.8, 4) is 17.3 Å². The Hall–Kier alpha value is -3.65. The van der Waals surface area contributed by atoms with E-state index in [2.05, 4.69) is 18.0 Å². The maximum Gasteiger partial charge on any atom is 0.144 e. The lowest BCUT2D eigenvalue weighted by Crippen LogP contribution is -1.99. The predicted molar refractivity (Wildman–Crippen MR) is 129 cm³/mol. The fourth-order valence-corrected chi connectivity index (χ4v) is 4.17. The van der Waals surface area contributed by atoms with Gasteiger partial charge in [0, 0.05) is 17.1 Å². The van der Waals surface area contributed by atoms with E-state index in [9.17, 15) is 8.78 Å². The lowest BCUT2D eigenvalue weighted by atomic mass is 9.97. The molecule has 1 heterocycles. The predicted octanol–water partition coefficient (Wildman–Crippen LogP) is 7.71. The van der Waals surface area contributed by atoms with Gasteiger partial charge in [-0.05, 0) is 72.0 Å². The van der Waals surface area contributed by atoms with E-state index in [0.717, 1.165) is 41.6 Å². The first kappa shape index (κ1) is 23.5. The van der Waals surface area contributed by atoms with Crippen molar-refractivity contribution in [3.05, 3.63) is 100 Å². The van der Waals surface area contributed by atoms with Gasteiger partial charge in [0.1, 0.15) is 29.1 Å². The summed E-state index contributed by atoms with van der Waals surface area (Å²) in [5.41, 5.74) is 3.24. The monoisotopic (exact) mass is 458 g/mol. The lowest BCUT2D eigenvalue weighted by molar-refractivity contribution is 0.572. The molecule has 0 aliphatic heterocycles. The Labute approximate surface area is 197 Å². The van der Waals surface area contributed by atoms with Crippen molar-refractivity contribution in [2.24, 2.45) is 0 Å². The van der Waals surface area contributed by atoms with Gasteiger partial charge in [0.2, 0.25) is 0 Å². The van der Waals surface area contributed by atoms with Crippen molar-refractivity contribution >= 4 is 10.8 Å². The quantitative estimate of drug-likeness (QED) is 0.254. The van der Waals surface area contributed by atoms with Gasteiger partial charge in [-0.2, -0.15) is 5.26 Å². The third-order valence-corrected chi connectivity index (χ3v) is 6.12. The SMILES string of the molecule is CCCCCc1ccc(-c2ccc3c(F)c(CCc4cc(F)c(C#N)c(F)c4)ccc3c2)nc1. The van der Waals surface area contributed by atoms with Crippen LogP contribution in [0.25, 0.3) is 22.0 Å². The summed E-state index contributed by atoms with van der Waals surface area (Å²) in [5.74, 6) is -2.13. The molecule has 5 heteroatoms. The van der Waals surface area contributed by atoms with Crippen molar-refractivity contribution in [1.82, 2.24) is 4.98 Å². The van der Waals surface area contributed by atoms with E-state index in [1.165, 1.54) is 24.5 Å². The number of pyridine rings is 1. The average molecular weight is 459 g/mol. The number of hydrogen-bond acceptors (Lipinski definition) is 2. The fourth-order valence-electron chi connectivity index (χ4n) is 4.17. The van der Waals surface area contributed by atoms with Crippen LogP contribution in [0.1, 0.15) is 48.4 Å². The van der Waals surface area contributed by atoms with Crippen molar-refractivity contribution in [1.29, 1.82) is 5.26 Å². The van der Waals surface area contributed by atoms with Gasteiger partial charge in [0.15, 0.2) is 0 Å². The molecular weight excluding hydrogens is 433 g/mol. The topological polar surface area (TPSA) is 36.7 Å². The first-order valence-corrected chi connectivity index (χ1v) is 11.5. The highest BCUT2D eigenvalue weighted by molar-refractivity contribution is 5.88. The number of halogens is 3. The smallest absolute Gasteiger partial charge is 0.144 e. The molecule has 0 atom stereocenters. The molecule has 0 saturated carbocycles. The van der Waals surface area contributed by atoms with E-state index in [0.29, 0.717) is 16.5 Å². The van der Waals surface area contributed by atoms with E-state index >= 15 is 4.39 Å². The van der Waals surface area contributed by atoms with Crippen LogP contribution in [0.2, 0.25) is 0 Å². The number of rotatable bonds is 8. The zero-order valence-corrected chi connectivity index (χ0v) is 19.0. The molecule has 0 amide bonds. The molecule has 0 bridgehead atoms. The van der Waals surface area contributed by atoms with Crippen molar-refractivity contribution in [2.75, 3.05) is 0 Å². The second kappa shape index (κ2) is 10.5. The standard InChI is InChI=1S/C29H25F3N2/c1-2-3-4-5-19-7-13-28(34-18-19)23-11-12-24-22(16-23)10-9-21(29(24)32)8-6-20-14-26(30)25(17-33)27(31)15-20/h7,9-16,18H,2-6,8H2,1H3. The summed E-state index contributed by atoms with van der Waals surface area (Å²) in [4.78, 5) is 4.59. The van der Waals surface area contributed by atoms with Crippen LogP contribution >= 0.6 is 0 Å². The molecule has 0 aliphatic carbocycles. The fraction of sp³-hybridized carbons (Fsp3) is 0.241. The number of aryl methyl sites for hydroxylation is 3. The van der Waals surface area contributed by atoms with Crippen molar-refractivity contribution in [2.45, 2.75) is 45.4 Å². The van der Waals surface area contributed by atoms with Gasteiger partial charge in [-0.25, -0.2) is 13.2 Å². The number of unbranched alkanes of at least 4 members (excludes halogenated alkanes) is 2. The summed E-state index contributed by atoms with van der Waals surface area (Å²) in [6.07, 6.45) is 7.03. The Morgan fingerprint density at radius 2 is 1.62 bits per heavy atom. The lowest BCUT2D eigenvalue weighted by Gasteiger charge is -2.10. The molecule has 4 rings (SSSR count). The Kier molecular flexibility index (Phi) is 7.27. The van der Waals surface area contributed by atoms with Crippen LogP contribution in [0.4, 0.5) is 13.2 Å². The zero-order chi connectivity index (χ0) is 24.1. The van der Waals surface area contributed by atoms with E-state index in [4.69, 9.17) is 5.26 Å². The number of hydrogen-bond donors (Lipinski definition) is 0. The summed E-state index contributed by atoms with van der Waals surface area (Å²) >= 11 is 0. The minimum Gasteiger partial charge on any atom is -0.256 e. The second-order valence-corrected chi connectivity index (χ2v) is 8.53. The van der Waals surface area contributed by atoms with Gasteiger partial charge in [0.05, 0.1) is 5.69 Å². The number of nitriles is 1. The highest BCUT2D eigenvalue weighted by Gasteiger charge is 2.13. The molecule has 172 valence electrons. The largest absolute Gasteiger partial charge is 0.256 e. The van der Waals surface area contributed by atoms with Gasteiger partial charge in [-0.1, -0.05) is 50.1 Å². The molecule has 0 fully saturated rings. The van der Waals surface area contributed by atoms with E-state index in [1.807, 2.05) is 30.5 Å². The van der Waals surface area contributed by atoms with E-state index in [1.54, 1.807) is 12.1 Å². The van der Waals surface area contributed by atoms with Crippen LogP contribution in [-0.4, -0.2) is 4.98 Å². The number of nitrogens with zero attached hydrogens (tertiary/aromatic N) is 2. The molecule has 1 aromatic heterocycles. The van der Waals surface area contributed by atoms with E-state index < -0.39 is 17.2 Å². The normalized spacial score (nSPS) is 11.0. The third kappa shape index (κ3) is 5.12. The Balaban J connectivity index is 1.51. The minimum atomic E-state index is -0.897. The van der Waals surface area contributed by atoms with Crippen molar-refractivity contribution in [3.63, 3.8) is 0 Å². The summed E-state index contributed by atoms with van der Waals surface area (Å²) in [7, 11) is 0. The molecule has 0 N–H and O–H groups in total. The van der Waals surface area contributed by atoms with Crippen LogP contribution < -0.4 is 0 Å². The third-order valence-electron chi connectivity index (χ3n) is 6.12. The maximum absolute atomic E-state index is 15.2. The first-order valence-electron chi connectivity index (χ1n) is 11.5. The van der Waals surface area contributed by atoms with Crippen LogP contribution in [0, 0.1) is 28.8 Å². The van der Waals surface area contributed by atoms with Gasteiger partial charge < -0.3 is 0 Å². The van der Waals surface area contributed by atoms with Gasteiger partial charge >= 0.3 is 0 Å². The first-order chi connectivity index (χ1) is 16.5. The van der Waals surface area contributed by atoms with E-state index in [-0.39, 0.29) is 18.7 Å². The minimum absolute atomic E-state index is 0.259. The molecule has 0 aliphatic rings. The summed E-state index contributed by atoms with van der Waals surface area (Å²) in [6.45, 7) is 2.19. The molecule has 0 radical (unpaired) electrons. The number of benzene rings is 3. The van der Waals surface area contributed by atoms with Gasteiger partial charge in [-0.15, -0.1) is 0 Å². The Morgan fingerprint density at radius 1 is 0.824 bits per heavy atom. The van der Waals surface area contributed by atoms with Crippen LogP contribution in [-0.2, 0) is 19.3 Å². The van der Waals surface area contributed by atoms with Crippen LogP contribution in [0.5, 0.6) is 0 Å². The highest BCUT2D eigenvalue weighted by atomic mass is 19.1. The average Bonchev–Trinajstić information content (AvgIpc) is 2.84. The number of fused-ring (bicyclic) bond motifs is 1. The molecular formula is C29H25F3N2. The maximum atomic E-state index is 15.2. The molecule has 0 unspecified atom stereocenters. The zero-order valence-electron chi connectivity index (χ0n) is 19.0.